The van der Waals surface area contributed by atoms with E-state index >= 15 is 0 Å². The van der Waals surface area contributed by atoms with Gasteiger partial charge in [-0.05, 0) is 24.3 Å². The Morgan fingerprint density at radius 3 is 2.52 bits per heavy atom. The van der Waals surface area contributed by atoms with Gasteiger partial charge in [0.1, 0.15) is 5.69 Å². The molecule has 2 aromatic rings. The van der Waals surface area contributed by atoms with Crippen LogP contribution in [0, 0.1) is 0 Å². The number of aryl methyl sites for hydroxylation is 1. The molecule has 1 aromatic carbocycles. The molecule has 0 aliphatic carbocycles. The van der Waals surface area contributed by atoms with Crippen LogP contribution in [0.25, 0.3) is 0 Å². The molecule has 142 valence electrons. The minimum atomic E-state index is -1.04. The Balaban J connectivity index is 1.88. The van der Waals surface area contributed by atoms with Crippen LogP contribution in [0.4, 0.5) is 5.69 Å². The number of carbonyl (C=O) groups excluding carboxylic acids is 2. The number of amides is 1. The van der Waals surface area contributed by atoms with Crippen molar-refractivity contribution in [3.8, 4) is 0 Å². The van der Waals surface area contributed by atoms with Gasteiger partial charge >= 0.3 is 11.9 Å². The van der Waals surface area contributed by atoms with E-state index in [0.29, 0.717) is 11.3 Å². The second kappa shape index (κ2) is 9.48. The molecular formula is C16H16N4O6S. The van der Waals surface area contributed by atoms with Crippen molar-refractivity contribution >= 4 is 35.3 Å². The number of H-pyrrole nitrogens is 1. The Morgan fingerprint density at radius 2 is 1.93 bits per heavy atom. The molecule has 3 N–H and O–H groups in total. The summed E-state index contributed by atoms with van der Waals surface area (Å²) in [6.45, 7) is 0. The molecule has 27 heavy (non-hydrogen) atoms. The third-order valence-electron chi connectivity index (χ3n) is 3.25. The van der Waals surface area contributed by atoms with Gasteiger partial charge in [0.15, 0.2) is 5.16 Å². The number of hydrogen-bond acceptors (Lipinski definition) is 8. The number of anilines is 1. The molecule has 10 nitrogen and oxygen atoms in total. The minimum Gasteiger partial charge on any atom is -0.481 e. The molecule has 0 bridgehead atoms. The van der Waals surface area contributed by atoms with Crippen LogP contribution in [0.5, 0.6) is 0 Å². The van der Waals surface area contributed by atoms with Gasteiger partial charge in [0.05, 0.1) is 24.8 Å². The SMILES string of the molecule is COC(=O)c1ccc(NC(=O)CSc2nnc(CCC(=O)O)c(=O)[nH]2)cc1. The minimum absolute atomic E-state index is 0.0231. The monoisotopic (exact) mass is 392 g/mol. The van der Waals surface area contributed by atoms with Crippen LogP contribution in [0.15, 0.2) is 34.2 Å². The normalized spacial score (nSPS) is 10.3. The lowest BCUT2D eigenvalue weighted by Crippen LogP contribution is -2.19. The Morgan fingerprint density at radius 1 is 1.22 bits per heavy atom. The van der Waals surface area contributed by atoms with E-state index in [1.807, 2.05) is 0 Å². The van der Waals surface area contributed by atoms with Crippen LogP contribution >= 0.6 is 11.8 Å². The van der Waals surface area contributed by atoms with Crippen LogP contribution < -0.4 is 10.9 Å². The largest absolute Gasteiger partial charge is 0.481 e. The number of methoxy groups -OCH3 is 1. The number of carbonyl (C=O) groups is 3. The van der Waals surface area contributed by atoms with Crippen molar-refractivity contribution in [2.24, 2.45) is 0 Å². The van der Waals surface area contributed by atoms with Crippen molar-refractivity contribution in [1.82, 2.24) is 15.2 Å². The number of carboxylic acids is 1. The highest BCUT2D eigenvalue weighted by molar-refractivity contribution is 7.99. The summed E-state index contributed by atoms with van der Waals surface area (Å²) in [4.78, 5) is 48.1. The van der Waals surface area contributed by atoms with Crippen LogP contribution in [-0.2, 0) is 20.7 Å². The van der Waals surface area contributed by atoms with E-state index in [1.165, 1.54) is 19.2 Å². The average molecular weight is 392 g/mol. The van der Waals surface area contributed by atoms with E-state index in [0.717, 1.165) is 11.8 Å². The fraction of sp³-hybridized carbons (Fsp3) is 0.250. The summed E-state index contributed by atoms with van der Waals surface area (Å²) < 4.78 is 4.59. The average Bonchev–Trinajstić information content (AvgIpc) is 2.65. The summed E-state index contributed by atoms with van der Waals surface area (Å²) in [6, 6.07) is 6.17. The number of carboxylic acid groups (broad SMARTS) is 1. The number of aromatic nitrogens is 3. The van der Waals surface area contributed by atoms with Gasteiger partial charge in [0.2, 0.25) is 5.91 Å². The van der Waals surface area contributed by atoms with Gasteiger partial charge in [-0.1, -0.05) is 11.8 Å². The summed E-state index contributed by atoms with van der Waals surface area (Å²) >= 11 is 0.975. The molecular weight excluding hydrogens is 376 g/mol. The molecule has 1 heterocycles. The number of rotatable bonds is 8. The lowest BCUT2D eigenvalue weighted by molar-refractivity contribution is -0.137. The van der Waals surface area contributed by atoms with Gasteiger partial charge in [-0.25, -0.2) is 4.79 Å². The zero-order valence-corrected chi connectivity index (χ0v) is 15.0. The first-order chi connectivity index (χ1) is 12.9. The smallest absolute Gasteiger partial charge is 0.337 e. The zero-order chi connectivity index (χ0) is 19.8. The van der Waals surface area contributed by atoms with Crippen LogP contribution in [-0.4, -0.2) is 51.0 Å². The number of hydrogen-bond donors (Lipinski definition) is 3. The fourth-order valence-electron chi connectivity index (χ4n) is 1.94. The van der Waals surface area contributed by atoms with Crippen molar-refractivity contribution in [2.45, 2.75) is 18.0 Å². The van der Waals surface area contributed by atoms with Gasteiger partial charge in [0, 0.05) is 12.1 Å². The van der Waals surface area contributed by atoms with E-state index in [9.17, 15) is 19.2 Å². The maximum atomic E-state index is 12.0. The molecule has 0 atom stereocenters. The standard InChI is InChI=1S/C16H16N4O6S/c1-26-15(25)9-2-4-10(5-3-9)17-12(21)8-27-16-18-14(24)11(19-20-16)6-7-13(22)23/h2-5H,6-8H2,1H3,(H,17,21)(H,22,23)(H,18,20,24). The van der Waals surface area contributed by atoms with Crippen LogP contribution in [0.3, 0.4) is 0 Å². The van der Waals surface area contributed by atoms with Gasteiger partial charge < -0.3 is 15.2 Å². The molecule has 0 saturated heterocycles. The van der Waals surface area contributed by atoms with Crippen LogP contribution in [0.1, 0.15) is 22.5 Å². The summed E-state index contributed by atoms with van der Waals surface area (Å²) in [5.41, 5.74) is 0.349. The highest BCUT2D eigenvalue weighted by Crippen LogP contribution is 2.13. The Kier molecular flexibility index (Phi) is 7.06. The third kappa shape index (κ3) is 6.22. The molecule has 1 aromatic heterocycles. The molecule has 0 unspecified atom stereocenters. The van der Waals surface area contributed by atoms with Crippen LogP contribution in [0.2, 0.25) is 0 Å². The number of benzene rings is 1. The zero-order valence-electron chi connectivity index (χ0n) is 14.2. The Bertz CT molecular complexity index is 897. The quantitative estimate of drug-likeness (QED) is 0.435. The predicted octanol–water partition coefficient (Wildman–Crippen LogP) is 0.699. The van der Waals surface area contributed by atoms with E-state index in [-0.39, 0.29) is 35.4 Å². The first kappa shape index (κ1) is 20.1. The van der Waals surface area contributed by atoms with Crippen molar-refractivity contribution in [3.05, 3.63) is 45.9 Å². The number of aromatic amines is 1. The molecule has 0 aliphatic rings. The first-order valence-corrected chi connectivity index (χ1v) is 8.66. The Labute approximate surface area is 157 Å². The van der Waals surface area contributed by atoms with Gasteiger partial charge in [-0.3, -0.25) is 19.4 Å². The lowest BCUT2D eigenvalue weighted by Gasteiger charge is -2.06. The highest BCUT2D eigenvalue weighted by atomic mass is 32.2. The van der Waals surface area contributed by atoms with Gasteiger partial charge in [-0.15, -0.1) is 10.2 Å². The molecule has 0 saturated carbocycles. The molecule has 2 rings (SSSR count). The van der Waals surface area contributed by atoms with E-state index < -0.39 is 17.5 Å². The van der Waals surface area contributed by atoms with Crippen molar-refractivity contribution in [2.75, 3.05) is 18.2 Å². The second-order valence-electron chi connectivity index (χ2n) is 5.21. The molecule has 11 heteroatoms. The predicted molar refractivity (Wildman–Crippen MR) is 95.7 cm³/mol. The molecule has 0 aliphatic heterocycles. The Hall–Kier alpha value is -3.21. The molecule has 0 fully saturated rings. The molecule has 0 radical (unpaired) electrons. The maximum Gasteiger partial charge on any atom is 0.337 e. The summed E-state index contributed by atoms with van der Waals surface area (Å²) in [5.74, 6) is -1.88. The highest BCUT2D eigenvalue weighted by Gasteiger charge is 2.10. The summed E-state index contributed by atoms with van der Waals surface area (Å²) in [7, 11) is 1.28. The van der Waals surface area contributed by atoms with Gasteiger partial charge in [-0.2, -0.15) is 0 Å². The summed E-state index contributed by atoms with van der Waals surface area (Å²) in [5, 5.41) is 18.9. The topological polar surface area (TPSA) is 151 Å². The molecule has 1 amide bonds. The number of nitrogens with zero attached hydrogens (tertiary/aromatic N) is 2. The van der Waals surface area contributed by atoms with Gasteiger partial charge in [0.25, 0.3) is 5.56 Å². The summed E-state index contributed by atoms with van der Waals surface area (Å²) in [6.07, 6.45) is -0.244. The fourth-order valence-corrected chi connectivity index (χ4v) is 2.54. The van der Waals surface area contributed by atoms with Crippen molar-refractivity contribution in [1.29, 1.82) is 0 Å². The van der Waals surface area contributed by atoms with E-state index in [4.69, 9.17) is 5.11 Å². The number of nitrogens with one attached hydrogen (secondary N) is 2. The molecule has 0 spiro atoms. The second-order valence-corrected chi connectivity index (χ2v) is 6.17. The van der Waals surface area contributed by atoms with E-state index in [2.05, 4.69) is 25.2 Å². The number of ether oxygens (including phenoxy) is 1. The third-order valence-corrected chi connectivity index (χ3v) is 4.11. The lowest BCUT2D eigenvalue weighted by atomic mass is 10.2. The number of thioether (sulfide) groups is 1. The first-order valence-electron chi connectivity index (χ1n) is 7.67. The number of aliphatic carboxylic acids is 1. The number of esters is 1. The maximum absolute atomic E-state index is 12.0. The van der Waals surface area contributed by atoms with Crippen molar-refractivity contribution in [3.63, 3.8) is 0 Å². The van der Waals surface area contributed by atoms with Crippen molar-refractivity contribution < 1.29 is 24.2 Å². The van der Waals surface area contributed by atoms with E-state index in [1.54, 1.807) is 12.1 Å².